The average molecular weight is 326 g/mol. The van der Waals surface area contributed by atoms with Crippen LogP contribution in [-0.4, -0.2) is 48.7 Å². The fourth-order valence-corrected chi connectivity index (χ4v) is 2.88. The number of nitrogens with one attached hydrogen (secondary N) is 1. The van der Waals surface area contributed by atoms with Gasteiger partial charge in [0.25, 0.3) is 5.91 Å². The molecular weight excluding hydrogens is 304 g/mol. The van der Waals surface area contributed by atoms with Gasteiger partial charge in [-0.25, -0.2) is 0 Å². The summed E-state index contributed by atoms with van der Waals surface area (Å²) in [5.41, 5.74) is 2.59. The molecule has 1 saturated heterocycles. The first-order chi connectivity index (χ1) is 11.7. The largest absolute Gasteiger partial charge is 0.508 e. The van der Waals surface area contributed by atoms with E-state index in [-0.39, 0.29) is 11.7 Å². The molecule has 1 aromatic carbocycles. The summed E-state index contributed by atoms with van der Waals surface area (Å²) >= 11 is 0. The lowest BCUT2D eigenvalue weighted by molar-refractivity contribution is 0.0951. The molecule has 1 fully saturated rings. The molecule has 0 saturated carbocycles. The summed E-state index contributed by atoms with van der Waals surface area (Å²) in [7, 11) is 0. The SMILES string of the molecule is CCNC(=O)c1cc(N2CCN(c3ccc(O)cc3)CC2)ccn1. The Bertz CT molecular complexity index is 694. The van der Waals surface area contributed by atoms with Gasteiger partial charge in [0.05, 0.1) is 0 Å². The molecule has 2 aromatic rings. The molecule has 0 spiro atoms. The molecule has 1 aliphatic heterocycles. The minimum Gasteiger partial charge on any atom is -0.508 e. The van der Waals surface area contributed by atoms with Gasteiger partial charge in [-0.15, -0.1) is 0 Å². The van der Waals surface area contributed by atoms with Crippen LogP contribution in [0.2, 0.25) is 0 Å². The van der Waals surface area contributed by atoms with Crippen LogP contribution in [0.15, 0.2) is 42.6 Å². The molecule has 1 amide bonds. The van der Waals surface area contributed by atoms with Crippen LogP contribution in [0.1, 0.15) is 17.4 Å². The van der Waals surface area contributed by atoms with Crippen molar-refractivity contribution in [1.29, 1.82) is 0 Å². The van der Waals surface area contributed by atoms with Crippen LogP contribution >= 0.6 is 0 Å². The Morgan fingerprint density at radius 2 is 1.71 bits per heavy atom. The van der Waals surface area contributed by atoms with Crippen molar-refractivity contribution in [3.8, 4) is 5.75 Å². The maximum absolute atomic E-state index is 11.9. The zero-order valence-electron chi connectivity index (χ0n) is 13.8. The zero-order chi connectivity index (χ0) is 16.9. The molecule has 2 N–H and O–H groups in total. The number of carbonyl (C=O) groups is 1. The fraction of sp³-hybridized carbons (Fsp3) is 0.333. The summed E-state index contributed by atoms with van der Waals surface area (Å²) in [6, 6.07) is 11.1. The van der Waals surface area contributed by atoms with Gasteiger partial charge in [0.15, 0.2) is 0 Å². The number of amides is 1. The Kier molecular flexibility index (Phi) is 4.84. The maximum atomic E-state index is 11.9. The van der Waals surface area contributed by atoms with E-state index in [0.717, 1.165) is 37.6 Å². The smallest absolute Gasteiger partial charge is 0.269 e. The number of aromatic hydroxyl groups is 1. The Hall–Kier alpha value is -2.76. The lowest BCUT2D eigenvalue weighted by Gasteiger charge is -2.37. The van der Waals surface area contributed by atoms with Crippen LogP contribution in [0.4, 0.5) is 11.4 Å². The first-order valence-electron chi connectivity index (χ1n) is 8.20. The summed E-state index contributed by atoms with van der Waals surface area (Å²) in [6.07, 6.45) is 1.69. The van der Waals surface area contributed by atoms with Gasteiger partial charge in [0.2, 0.25) is 0 Å². The number of aromatic nitrogens is 1. The van der Waals surface area contributed by atoms with Crippen molar-refractivity contribution < 1.29 is 9.90 Å². The van der Waals surface area contributed by atoms with Gasteiger partial charge < -0.3 is 20.2 Å². The first kappa shape index (κ1) is 16.1. The number of hydrogen-bond acceptors (Lipinski definition) is 5. The van der Waals surface area contributed by atoms with Gasteiger partial charge in [-0.05, 0) is 43.3 Å². The average Bonchev–Trinajstić information content (AvgIpc) is 2.63. The molecule has 0 atom stereocenters. The van der Waals surface area contributed by atoms with E-state index in [1.807, 2.05) is 31.2 Å². The number of nitrogens with zero attached hydrogens (tertiary/aromatic N) is 3. The minimum atomic E-state index is -0.137. The quantitative estimate of drug-likeness (QED) is 0.898. The van der Waals surface area contributed by atoms with Gasteiger partial charge in [-0.1, -0.05) is 0 Å². The summed E-state index contributed by atoms with van der Waals surface area (Å²) in [5, 5.41) is 12.2. The molecule has 2 heterocycles. The lowest BCUT2D eigenvalue weighted by Crippen LogP contribution is -2.46. The third-order valence-electron chi connectivity index (χ3n) is 4.17. The van der Waals surface area contributed by atoms with Gasteiger partial charge in [0, 0.05) is 50.3 Å². The van der Waals surface area contributed by atoms with E-state index in [0.29, 0.717) is 12.2 Å². The van der Waals surface area contributed by atoms with Crippen molar-refractivity contribution in [1.82, 2.24) is 10.3 Å². The molecule has 3 rings (SSSR count). The Labute approximate surface area is 141 Å². The number of pyridine rings is 1. The zero-order valence-corrected chi connectivity index (χ0v) is 13.8. The van der Waals surface area contributed by atoms with Gasteiger partial charge in [-0.2, -0.15) is 0 Å². The normalized spacial score (nSPS) is 14.5. The highest BCUT2D eigenvalue weighted by molar-refractivity contribution is 5.93. The van der Waals surface area contributed by atoms with Crippen LogP contribution in [0, 0.1) is 0 Å². The second-order valence-electron chi connectivity index (χ2n) is 5.75. The Morgan fingerprint density at radius 3 is 2.33 bits per heavy atom. The summed E-state index contributed by atoms with van der Waals surface area (Å²) in [5.74, 6) is 0.147. The number of rotatable bonds is 4. The Balaban J connectivity index is 1.65. The van der Waals surface area contributed by atoms with Gasteiger partial charge in [-0.3, -0.25) is 9.78 Å². The van der Waals surface area contributed by atoms with Gasteiger partial charge in [0.1, 0.15) is 11.4 Å². The Morgan fingerprint density at radius 1 is 1.08 bits per heavy atom. The lowest BCUT2D eigenvalue weighted by atomic mass is 10.2. The molecule has 0 bridgehead atoms. The standard InChI is InChI=1S/C18H22N4O2/c1-2-19-18(24)17-13-15(7-8-20-17)22-11-9-21(10-12-22)14-3-5-16(23)6-4-14/h3-8,13,23H,2,9-12H2,1H3,(H,19,24). The third kappa shape index (κ3) is 3.59. The monoisotopic (exact) mass is 326 g/mol. The van der Waals surface area contributed by atoms with Crippen molar-refractivity contribution in [2.45, 2.75) is 6.92 Å². The molecule has 6 heteroatoms. The summed E-state index contributed by atoms with van der Waals surface area (Å²) in [6.45, 7) is 6.02. The summed E-state index contributed by atoms with van der Waals surface area (Å²) < 4.78 is 0. The number of hydrogen-bond donors (Lipinski definition) is 2. The number of phenols is 1. The highest BCUT2D eigenvalue weighted by Gasteiger charge is 2.18. The second-order valence-corrected chi connectivity index (χ2v) is 5.75. The topological polar surface area (TPSA) is 68.7 Å². The van der Waals surface area contributed by atoms with E-state index < -0.39 is 0 Å². The number of piperazine rings is 1. The van der Waals surface area contributed by atoms with E-state index >= 15 is 0 Å². The second kappa shape index (κ2) is 7.21. The molecule has 0 unspecified atom stereocenters. The van der Waals surface area contributed by atoms with Crippen LogP contribution < -0.4 is 15.1 Å². The van der Waals surface area contributed by atoms with E-state index in [2.05, 4.69) is 20.1 Å². The molecule has 1 aromatic heterocycles. The first-order valence-corrected chi connectivity index (χ1v) is 8.20. The van der Waals surface area contributed by atoms with Crippen molar-refractivity contribution in [3.05, 3.63) is 48.3 Å². The van der Waals surface area contributed by atoms with Crippen molar-refractivity contribution in [3.63, 3.8) is 0 Å². The van der Waals surface area contributed by atoms with Crippen LogP contribution in [0.5, 0.6) is 5.75 Å². The predicted octanol–water partition coefficient (Wildman–Crippen LogP) is 1.86. The molecule has 0 radical (unpaired) electrons. The van der Waals surface area contributed by atoms with Crippen molar-refractivity contribution in [2.24, 2.45) is 0 Å². The highest BCUT2D eigenvalue weighted by atomic mass is 16.3. The summed E-state index contributed by atoms with van der Waals surface area (Å²) in [4.78, 5) is 20.6. The highest BCUT2D eigenvalue weighted by Crippen LogP contribution is 2.22. The van der Waals surface area contributed by atoms with Crippen LogP contribution in [0.25, 0.3) is 0 Å². The fourth-order valence-electron chi connectivity index (χ4n) is 2.88. The van der Waals surface area contributed by atoms with E-state index in [4.69, 9.17) is 0 Å². The van der Waals surface area contributed by atoms with Crippen molar-refractivity contribution in [2.75, 3.05) is 42.5 Å². The third-order valence-corrected chi connectivity index (χ3v) is 4.17. The minimum absolute atomic E-state index is 0.137. The number of carbonyl (C=O) groups excluding carboxylic acids is 1. The van der Waals surface area contributed by atoms with Crippen molar-refractivity contribution >= 4 is 17.3 Å². The van der Waals surface area contributed by atoms with Crippen LogP contribution in [-0.2, 0) is 0 Å². The molecule has 6 nitrogen and oxygen atoms in total. The van der Waals surface area contributed by atoms with Crippen LogP contribution in [0.3, 0.4) is 0 Å². The number of phenolic OH excluding ortho intramolecular Hbond substituents is 1. The van der Waals surface area contributed by atoms with E-state index in [9.17, 15) is 9.90 Å². The molecular formula is C18H22N4O2. The van der Waals surface area contributed by atoms with Gasteiger partial charge >= 0.3 is 0 Å². The molecule has 0 aliphatic carbocycles. The molecule has 24 heavy (non-hydrogen) atoms. The number of anilines is 2. The predicted molar refractivity (Wildman–Crippen MR) is 94.8 cm³/mol. The molecule has 126 valence electrons. The molecule has 1 aliphatic rings. The van der Waals surface area contributed by atoms with E-state index in [1.165, 1.54) is 0 Å². The van der Waals surface area contributed by atoms with E-state index in [1.54, 1.807) is 18.3 Å². The maximum Gasteiger partial charge on any atom is 0.269 e. The number of benzene rings is 1.